The summed E-state index contributed by atoms with van der Waals surface area (Å²) in [6.07, 6.45) is 0.390. The van der Waals surface area contributed by atoms with Gasteiger partial charge in [-0.25, -0.2) is 4.79 Å². The van der Waals surface area contributed by atoms with Gasteiger partial charge in [0, 0.05) is 41.4 Å². The highest BCUT2D eigenvalue weighted by molar-refractivity contribution is 8.76. The van der Waals surface area contributed by atoms with E-state index in [2.05, 4.69) is 17.2 Å². The van der Waals surface area contributed by atoms with Gasteiger partial charge in [-0.1, -0.05) is 64.6 Å². The van der Waals surface area contributed by atoms with Crippen LogP contribution in [0, 0.1) is 0 Å². The number of hydrogen-bond donors (Lipinski definition) is 3. The quantitative estimate of drug-likeness (QED) is 0.247. The molecule has 2 heterocycles. The number of nitrogens with zero attached hydrogens (tertiary/aromatic N) is 2. The van der Waals surface area contributed by atoms with Crippen molar-refractivity contribution in [2.24, 2.45) is 0 Å². The molecule has 0 bridgehead atoms. The highest BCUT2D eigenvalue weighted by atomic mass is 33.1. The number of allylic oxidation sites excluding steroid dienone is 1. The maximum atomic E-state index is 13.0. The lowest BCUT2D eigenvalue weighted by atomic mass is 10.0. The molecule has 0 aliphatic carbocycles. The number of carboxylic acid groups (broad SMARTS) is 1. The van der Waals surface area contributed by atoms with Crippen LogP contribution in [0.1, 0.15) is 34.3 Å². The summed E-state index contributed by atoms with van der Waals surface area (Å²) in [4.78, 5) is 64.4. The second-order valence-corrected chi connectivity index (χ2v) is 12.0. The average molecular weight is 599 g/mol. The molecule has 11 nitrogen and oxygen atoms in total. The molecule has 1 unspecified atom stereocenters. The van der Waals surface area contributed by atoms with E-state index in [9.17, 15) is 24.0 Å². The zero-order chi connectivity index (χ0) is 29.4. The molecule has 0 saturated carbocycles. The number of aliphatic carboxylic acids is 1. The van der Waals surface area contributed by atoms with Crippen molar-refractivity contribution in [2.45, 2.75) is 32.0 Å². The first-order valence-corrected chi connectivity index (χ1v) is 15.3. The van der Waals surface area contributed by atoms with Gasteiger partial charge in [0.05, 0.1) is 5.75 Å². The van der Waals surface area contributed by atoms with Gasteiger partial charge in [-0.05, 0) is 30.5 Å². The predicted molar refractivity (Wildman–Crippen MR) is 156 cm³/mol. The van der Waals surface area contributed by atoms with Crippen LogP contribution in [0.2, 0.25) is 0 Å². The smallest absolute Gasteiger partial charge is 0.411 e. The number of rotatable bonds is 12. The summed E-state index contributed by atoms with van der Waals surface area (Å²) in [5, 5.41) is 14.6. The number of amides is 4. The predicted octanol–water partition coefficient (Wildman–Crippen LogP) is 3.48. The van der Waals surface area contributed by atoms with Crippen molar-refractivity contribution in [3.63, 3.8) is 0 Å². The highest BCUT2D eigenvalue weighted by Crippen LogP contribution is 2.33. The monoisotopic (exact) mass is 598 g/mol. The van der Waals surface area contributed by atoms with Crippen molar-refractivity contribution in [3.8, 4) is 0 Å². The van der Waals surface area contributed by atoms with Gasteiger partial charge in [0.1, 0.15) is 19.2 Å². The second kappa shape index (κ2) is 14.1. The molecule has 1 saturated heterocycles. The molecule has 216 valence electrons. The fourth-order valence-corrected chi connectivity index (χ4v) is 6.28. The molecular weight excluding hydrogens is 568 g/mol. The Balaban J connectivity index is 1.20. The van der Waals surface area contributed by atoms with Crippen molar-refractivity contribution >= 4 is 57.1 Å². The van der Waals surface area contributed by atoms with E-state index in [1.807, 2.05) is 30.3 Å². The molecule has 4 rings (SSSR count). The van der Waals surface area contributed by atoms with E-state index >= 15 is 0 Å². The SMILES string of the molecule is C=C1CCC(N2Cc3c(NC(=O)OCCSSCC(=O)N(CC(=O)O)Cc4ccccc4)cccc3C2=O)C(=O)N1. The standard InChI is InChI=1S/C28H30N4O7S2/c1-18-10-11-23(26(36)29-18)32-15-21-20(27(32)37)8-5-9-22(21)30-28(38)39-12-13-40-41-17-24(33)31(16-25(34)35)14-19-6-3-2-4-7-19/h2-9,23H,1,10-17H2,(H,29,36)(H,30,38)(H,34,35). The Bertz CT molecular complexity index is 1340. The fourth-order valence-electron chi connectivity index (χ4n) is 4.54. The van der Waals surface area contributed by atoms with Gasteiger partial charge in [0.15, 0.2) is 0 Å². The summed E-state index contributed by atoms with van der Waals surface area (Å²) in [5.41, 5.74) is 2.96. The van der Waals surface area contributed by atoms with Gasteiger partial charge < -0.3 is 25.0 Å². The number of carbonyl (C=O) groups is 5. The lowest BCUT2D eigenvalue weighted by molar-refractivity contribution is -0.143. The van der Waals surface area contributed by atoms with Crippen LogP contribution >= 0.6 is 21.6 Å². The van der Waals surface area contributed by atoms with Crippen LogP contribution in [0.4, 0.5) is 10.5 Å². The first kappa shape index (κ1) is 30.0. The molecule has 0 radical (unpaired) electrons. The maximum Gasteiger partial charge on any atom is 0.411 e. The third kappa shape index (κ3) is 8.04. The topological polar surface area (TPSA) is 145 Å². The number of carboxylic acids is 1. The molecule has 41 heavy (non-hydrogen) atoms. The number of nitrogens with one attached hydrogen (secondary N) is 2. The Hall–Kier alpha value is -3.97. The fraction of sp³-hybridized carbons (Fsp3) is 0.321. The van der Waals surface area contributed by atoms with Gasteiger partial charge in [-0.3, -0.25) is 24.5 Å². The molecule has 2 aromatic carbocycles. The number of anilines is 1. The Morgan fingerprint density at radius 1 is 1.12 bits per heavy atom. The molecule has 2 aliphatic heterocycles. The summed E-state index contributed by atoms with van der Waals surface area (Å²) >= 11 is 0. The Kier molecular flexibility index (Phi) is 10.3. The van der Waals surface area contributed by atoms with Gasteiger partial charge >= 0.3 is 12.1 Å². The van der Waals surface area contributed by atoms with E-state index < -0.39 is 24.6 Å². The summed E-state index contributed by atoms with van der Waals surface area (Å²) in [6.45, 7) is 3.86. The van der Waals surface area contributed by atoms with Gasteiger partial charge in [-0.15, -0.1) is 0 Å². The van der Waals surface area contributed by atoms with Gasteiger partial charge in [-0.2, -0.15) is 0 Å². The number of hydrogen-bond acceptors (Lipinski definition) is 8. The minimum Gasteiger partial charge on any atom is -0.480 e. The van der Waals surface area contributed by atoms with Crippen LogP contribution in [0.3, 0.4) is 0 Å². The molecule has 2 aliphatic rings. The average Bonchev–Trinajstić information content (AvgIpc) is 3.27. The molecule has 1 fully saturated rings. The molecular formula is C28H30N4O7S2. The third-order valence-corrected chi connectivity index (χ3v) is 8.71. The lowest BCUT2D eigenvalue weighted by Gasteiger charge is -2.31. The van der Waals surface area contributed by atoms with E-state index in [1.165, 1.54) is 31.4 Å². The van der Waals surface area contributed by atoms with Crippen molar-refractivity contribution in [2.75, 3.05) is 30.0 Å². The molecule has 13 heteroatoms. The Labute approximate surface area is 245 Å². The molecule has 4 amide bonds. The van der Waals surface area contributed by atoms with Crippen LogP contribution in [0.5, 0.6) is 0 Å². The van der Waals surface area contributed by atoms with E-state index in [1.54, 1.807) is 18.2 Å². The molecule has 1 atom stereocenters. The van der Waals surface area contributed by atoms with Crippen molar-refractivity contribution in [1.82, 2.24) is 15.1 Å². The second-order valence-electron chi connectivity index (χ2n) is 9.39. The summed E-state index contributed by atoms with van der Waals surface area (Å²) in [6, 6.07) is 13.6. The molecule has 0 aromatic heterocycles. The third-order valence-electron chi connectivity index (χ3n) is 6.49. The summed E-state index contributed by atoms with van der Waals surface area (Å²) in [7, 11) is 2.58. The Morgan fingerprint density at radius 2 is 1.90 bits per heavy atom. The van der Waals surface area contributed by atoms with Crippen molar-refractivity contribution in [3.05, 3.63) is 77.5 Å². The van der Waals surface area contributed by atoms with Crippen LogP contribution < -0.4 is 10.6 Å². The number of fused-ring (bicyclic) bond motifs is 1. The van der Waals surface area contributed by atoms with Crippen LogP contribution in [0.15, 0.2) is 60.8 Å². The Morgan fingerprint density at radius 3 is 2.63 bits per heavy atom. The number of ether oxygens (including phenoxy) is 1. The summed E-state index contributed by atoms with van der Waals surface area (Å²) in [5.74, 6) is -1.44. The first-order valence-electron chi connectivity index (χ1n) is 12.9. The van der Waals surface area contributed by atoms with Crippen molar-refractivity contribution in [1.29, 1.82) is 0 Å². The van der Waals surface area contributed by atoms with E-state index in [4.69, 9.17) is 9.84 Å². The van der Waals surface area contributed by atoms with E-state index in [0.29, 0.717) is 41.1 Å². The maximum absolute atomic E-state index is 13.0. The van der Waals surface area contributed by atoms with Crippen LogP contribution in [-0.4, -0.2) is 75.4 Å². The van der Waals surface area contributed by atoms with Crippen LogP contribution in [-0.2, 0) is 32.2 Å². The molecule has 3 N–H and O–H groups in total. The lowest BCUT2D eigenvalue weighted by Crippen LogP contribution is -2.49. The highest BCUT2D eigenvalue weighted by Gasteiger charge is 2.39. The van der Waals surface area contributed by atoms with Crippen LogP contribution in [0.25, 0.3) is 0 Å². The van der Waals surface area contributed by atoms with E-state index in [-0.39, 0.29) is 43.2 Å². The van der Waals surface area contributed by atoms with Crippen molar-refractivity contribution < 1.29 is 33.8 Å². The molecule has 2 aromatic rings. The number of piperidine rings is 1. The normalized spacial score (nSPS) is 16.1. The summed E-state index contributed by atoms with van der Waals surface area (Å²) < 4.78 is 5.26. The van der Waals surface area contributed by atoms with Gasteiger partial charge in [0.2, 0.25) is 11.8 Å². The number of carbonyl (C=O) groups excluding carboxylic acids is 4. The van der Waals surface area contributed by atoms with E-state index in [0.717, 1.165) is 5.56 Å². The number of benzene rings is 2. The zero-order valence-electron chi connectivity index (χ0n) is 22.2. The largest absolute Gasteiger partial charge is 0.480 e. The minimum atomic E-state index is -1.08. The molecule has 0 spiro atoms. The van der Waals surface area contributed by atoms with Gasteiger partial charge in [0.25, 0.3) is 5.91 Å². The first-order chi connectivity index (χ1) is 19.7. The minimum absolute atomic E-state index is 0.0742. The zero-order valence-corrected chi connectivity index (χ0v) is 23.8.